The van der Waals surface area contributed by atoms with Gasteiger partial charge in [0, 0.05) is 24.8 Å². The van der Waals surface area contributed by atoms with Crippen molar-refractivity contribution >= 4 is 40.2 Å². The van der Waals surface area contributed by atoms with Gasteiger partial charge in [-0.25, -0.2) is 8.78 Å². The van der Waals surface area contributed by atoms with Crippen LogP contribution in [0.2, 0.25) is 5.02 Å². The Hall–Kier alpha value is -2.75. The molecule has 1 saturated carbocycles. The third kappa shape index (κ3) is 6.02. The predicted octanol–water partition coefficient (Wildman–Crippen LogP) is 3.26. The molecule has 11 heteroatoms. The van der Waals surface area contributed by atoms with Gasteiger partial charge < -0.3 is 16.4 Å². The Balaban J connectivity index is 1.88. The number of nitrogens with two attached hydrogens (primary N) is 1. The minimum Gasteiger partial charge on any atom is -0.368 e. The van der Waals surface area contributed by atoms with Gasteiger partial charge in [-0.3, -0.25) is 19.1 Å². The molecule has 0 spiro atoms. The highest BCUT2D eigenvalue weighted by atomic mass is 35.5. The van der Waals surface area contributed by atoms with Gasteiger partial charge in [0.1, 0.15) is 6.04 Å². The maximum atomic E-state index is 13.6. The second-order valence-electron chi connectivity index (χ2n) is 9.92. The molecule has 4 N–H and O–H groups in total. The maximum Gasteiger partial charge on any atom is 0.273 e. The van der Waals surface area contributed by atoms with Crippen LogP contribution in [0.15, 0.2) is 18.2 Å². The first-order valence-electron chi connectivity index (χ1n) is 11.2. The average Bonchev–Trinajstić information content (AvgIpc) is 3.10. The lowest BCUT2D eigenvalue weighted by Gasteiger charge is -2.30. The maximum absolute atomic E-state index is 13.6. The van der Waals surface area contributed by atoms with E-state index in [9.17, 15) is 23.2 Å². The fourth-order valence-corrected chi connectivity index (χ4v) is 4.44. The fraction of sp³-hybridized carbons (Fsp3) is 0.565. The number of halogens is 3. The smallest absolute Gasteiger partial charge is 0.273 e. The third-order valence-corrected chi connectivity index (χ3v) is 6.35. The largest absolute Gasteiger partial charge is 0.368 e. The minimum absolute atomic E-state index is 0.0168. The number of nitrogens with zero attached hydrogens (tertiary/aromatic N) is 2. The van der Waals surface area contributed by atoms with E-state index in [1.807, 2.05) is 0 Å². The first kappa shape index (κ1) is 25.9. The van der Waals surface area contributed by atoms with Crippen LogP contribution in [-0.2, 0) is 16.1 Å². The van der Waals surface area contributed by atoms with Crippen LogP contribution in [0.5, 0.6) is 0 Å². The number of carbonyl (C=O) groups is 3. The molecule has 1 heterocycles. The van der Waals surface area contributed by atoms with Crippen molar-refractivity contribution in [1.82, 2.24) is 20.4 Å². The highest BCUT2D eigenvalue weighted by Gasteiger charge is 2.36. The van der Waals surface area contributed by atoms with Gasteiger partial charge in [-0.15, -0.1) is 0 Å². The average molecular weight is 498 g/mol. The Morgan fingerprint density at radius 3 is 2.50 bits per heavy atom. The minimum atomic E-state index is -2.64. The normalized spacial score (nSPS) is 17.4. The zero-order chi connectivity index (χ0) is 25.3. The summed E-state index contributed by atoms with van der Waals surface area (Å²) in [5.74, 6) is -4.49. The molecule has 2 aromatic rings. The Bertz CT molecular complexity index is 1090. The SMILES string of the molecule is CC(C)(C)C(NC(=O)c1nn(CC2CCC(F)(F)CC2)c2c(Cl)cccc12)C(=O)NCC(N)=O. The first-order chi connectivity index (χ1) is 15.8. The van der Waals surface area contributed by atoms with E-state index >= 15 is 0 Å². The number of hydrogen-bond donors (Lipinski definition) is 3. The number of benzene rings is 1. The molecule has 1 aromatic heterocycles. The van der Waals surface area contributed by atoms with E-state index in [1.54, 1.807) is 43.7 Å². The lowest BCUT2D eigenvalue weighted by molar-refractivity contribution is -0.128. The molecule has 34 heavy (non-hydrogen) atoms. The molecule has 1 aliphatic rings. The Kier molecular flexibility index (Phi) is 7.50. The quantitative estimate of drug-likeness (QED) is 0.544. The molecule has 3 rings (SSSR count). The molecule has 0 aliphatic heterocycles. The van der Waals surface area contributed by atoms with E-state index < -0.39 is 35.1 Å². The lowest BCUT2D eigenvalue weighted by Crippen LogP contribution is -2.54. The molecule has 0 saturated heterocycles. The van der Waals surface area contributed by atoms with Gasteiger partial charge >= 0.3 is 0 Å². The highest BCUT2D eigenvalue weighted by Crippen LogP contribution is 2.37. The van der Waals surface area contributed by atoms with E-state index in [-0.39, 0.29) is 31.0 Å². The number of nitrogens with one attached hydrogen (secondary N) is 2. The van der Waals surface area contributed by atoms with Gasteiger partial charge in [-0.05, 0) is 30.2 Å². The van der Waals surface area contributed by atoms with Crippen molar-refractivity contribution in [3.63, 3.8) is 0 Å². The van der Waals surface area contributed by atoms with Crippen molar-refractivity contribution in [3.05, 3.63) is 28.9 Å². The van der Waals surface area contributed by atoms with Crippen LogP contribution in [0, 0.1) is 11.3 Å². The van der Waals surface area contributed by atoms with E-state index in [0.29, 0.717) is 35.3 Å². The van der Waals surface area contributed by atoms with E-state index in [0.717, 1.165) is 0 Å². The zero-order valence-electron chi connectivity index (χ0n) is 19.5. The van der Waals surface area contributed by atoms with Crippen molar-refractivity contribution in [2.24, 2.45) is 17.1 Å². The number of rotatable bonds is 7. The van der Waals surface area contributed by atoms with Crippen LogP contribution in [0.1, 0.15) is 56.9 Å². The summed E-state index contributed by atoms with van der Waals surface area (Å²) in [6.45, 7) is 5.32. The first-order valence-corrected chi connectivity index (χ1v) is 11.6. The summed E-state index contributed by atoms with van der Waals surface area (Å²) in [6, 6.07) is 4.09. The van der Waals surface area contributed by atoms with Crippen LogP contribution in [0.25, 0.3) is 10.9 Å². The molecule has 186 valence electrons. The van der Waals surface area contributed by atoms with Crippen molar-refractivity contribution in [1.29, 1.82) is 0 Å². The number of para-hydroxylation sites is 1. The molecular formula is C23H30ClF2N5O3. The number of primary amides is 1. The predicted molar refractivity (Wildman–Crippen MR) is 125 cm³/mol. The van der Waals surface area contributed by atoms with Crippen LogP contribution in [0.4, 0.5) is 8.78 Å². The van der Waals surface area contributed by atoms with Gasteiger partial charge in [0.05, 0.1) is 17.1 Å². The summed E-state index contributed by atoms with van der Waals surface area (Å²) in [5, 5.41) is 10.5. The summed E-state index contributed by atoms with van der Waals surface area (Å²) < 4.78 is 28.7. The molecule has 1 fully saturated rings. The number of aromatic nitrogens is 2. The van der Waals surface area contributed by atoms with E-state index in [1.165, 1.54) is 0 Å². The van der Waals surface area contributed by atoms with Gasteiger partial charge in [-0.1, -0.05) is 44.5 Å². The van der Waals surface area contributed by atoms with Crippen molar-refractivity contribution in [2.45, 2.75) is 65.0 Å². The topological polar surface area (TPSA) is 119 Å². The monoisotopic (exact) mass is 497 g/mol. The molecule has 1 aromatic carbocycles. The van der Waals surface area contributed by atoms with Crippen molar-refractivity contribution in [2.75, 3.05) is 6.54 Å². The molecule has 0 bridgehead atoms. The summed E-state index contributed by atoms with van der Waals surface area (Å²) in [7, 11) is 0. The fourth-order valence-electron chi connectivity index (χ4n) is 4.17. The van der Waals surface area contributed by atoms with Gasteiger partial charge in [-0.2, -0.15) is 5.10 Å². The second-order valence-corrected chi connectivity index (χ2v) is 10.3. The van der Waals surface area contributed by atoms with Crippen LogP contribution in [-0.4, -0.2) is 46.0 Å². The number of amides is 3. The Labute approximate surface area is 201 Å². The van der Waals surface area contributed by atoms with Crippen LogP contribution >= 0.6 is 11.6 Å². The second kappa shape index (κ2) is 9.85. The van der Waals surface area contributed by atoms with Gasteiger partial charge in [0.15, 0.2) is 5.69 Å². The molecule has 3 amide bonds. The van der Waals surface area contributed by atoms with E-state index in [4.69, 9.17) is 17.3 Å². The summed E-state index contributed by atoms with van der Waals surface area (Å²) in [5.41, 5.74) is 5.04. The third-order valence-electron chi connectivity index (χ3n) is 6.04. The van der Waals surface area contributed by atoms with E-state index in [2.05, 4.69) is 15.7 Å². The Morgan fingerprint density at radius 2 is 1.91 bits per heavy atom. The van der Waals surface area contributed by atoms with Gasteiger partial charge in [0.25, 0.3) is 5.91 Å². The molecule has 1 atom stereocenters. The lowest BCUT2D eigenvalue weighted by atomic mass is 9.86. The summed E-state index contributed by atoms with van der Waals surface area (Å²) in [6.07, 6.45) is 0.357. The Morgan fingerprint density at radius 1 is 1.26 bits per heavy atom. The van der Waals surface area contributed by atoms with Crippen LogP contribution < -0.4 is 16.4 Å². The molecule has 1 unspecified atom stereocenters. The van der Waals surface area contributed by atoms with Crippen LogP contribution in [0.3, 0.4) is 0 Å². The van der Waals surface area contributed by atoms with Crippen molar-refractivity contribution in [3.8, 4) is 0 Å². The molecule has 0 radical (unpaired) electrons. The summed E-state index contributed by atoms with van der Waals surface area (Å²) >= 11 is 6.42. The highest BCUT2D eigenvalue weighted by molar-refractivity contribution is 6.35. The molecule has 1 aliphatic carbocycles. The number of carbonyl (C=O) groups excluding carboxylic acids is 3. The van der Waals surface area contributed by atoms with Crippen molar-refractivity contribution < 1.29 is 23.2 Å². The zero-order valence-corrected chi connectivity index (χ0v) is 20.2. The van der Waals surface area contributed by atoms with Gasteiger partial charge in [0.2, 0.25) is 17.7 Å². The number of alkyl halides is 2. The number of fused-ring (bicyclic) bond motifs is 1. The molecular weight excluding hydrogens is 468 g/mol. The number of hydrogen-bond acceptors (Lipinski definition) is 4. The standard InChI is InChI=1S/C23H30ClF2N5O3/c1-22(2,3)19(21(34)28-11-16(27)32)29-20(33)17-14-5-4-6-15(24)18(14)31(30-17)12-13-7-9-23(25,26)10-8-13/h4-6,13,19H,7-12H2,1-3H3,(H2,27,32)(H,28,34)(H,29,33). The molecule has 8 nitrogen and oxygen atoms in total. The summed E-state index contributed by atoms with van der Waals surface area (Å²) in [4.78, 5) is 37.0.